The maximum Gasteiger partial charge on any atom is 0.222 e. The van der Waals surface area contributed by atoms with Crippen molar-refractivity contribution < 1.29 is 4.39 Å². The minimum absolute atomic E-state index is 0.124. The highest BCUT2D eigenvalue weighted by molar-refractivity contribution is 5.62. The van der Waals surface area contributed by atoms with E-state index < -0.39 is 0 Å². The molecule has 0 amide bonds. The van der Waals surface area contributed by atoms with Crippen LogP contribution in [0.3, 0.4) is 0 Å². The maximum atomic E-state index is 13.2. The van der Waals surface area contributed by atoms with Crippen LogP contribution in [0.15, 0.2) is 30.6 Å². The van der Waals surface area contributed by atoms with Crippen LogP contribution in [0.25, 0.3) is 11.1 Å². The molecule has 1 unspecified atom stereocenters. The number of benzene rings is 1. The van der Waals surface area contributed by atoms with Crippen molar-refractivity contribution in [1.29, 1.82) is 0 Å². The topological polar surface area (TPSA) is 63.8 Å². The van der Waals surface area contributed by atoms with Crippen LogP contribution in [0.4, 0.5) is 10.3 Å². The largest absolute Gasteiger partial charge is 0.351 e. The lowest BCUT2D eigenvalue weighted by Gasteiger charge is -2.11. The second-order valence-electron chi connectivity index (χ2n) is 4.54. The number of aromatic nitrogens is 2. The van der Waals surface area contributed by atoms with Crippen LogP contribution in [-0.4, -0.2) is 22.6 Å². The Hall–Kier alpha value is -2.01. The van der Waals surface area contributed by atoms with Gasteiger partial charge in [0.25, 0.3) is 0 Å². The molecule has 19 heavy (non-hydrogen) atoms. The fourth-order valence-corrected chi connectivity index (χ4v) is 1.66. The van der Waals surface area contributed by atoms with Crippen LogP contribution in [0.2, 0.25) is 0 Å². The van der Waals surface area contributed by atoms with Gasteiger partial charge in [0, 0.05) is 30.5 Å². The molecule has 4 nitrogen and oxygen atoms in total. The Labute approximate surface area is 111 Å². The van der Waals surface area contributed by atoms with Crippen molar-refractivity contribution in [3.8, 4) is 11.1 Å². The normalized spacial score (nSPS) is 12.2. The number of nitrogens with one attached hydrogen (secondary N) is 1. The number of halogens is 1. The zero-order valence-corrected chi connectivity index (χ0v) is 11.0. The first-order valence-electron chi connectivity index (χ1n) is 6.15. The Morgan fingerprint density at radius 2 is 1.95 bits per heavy atom. The molecule has 100 valence electrons. The van der Waals surface area contributed by atoms with Crippen molar-refractivity contribution in [3.63, 3.8) is 0 Å². The van der Waals surface area contributed by atoms with E-state index in [1.807, 2.05) is 6.92 Å². The number of anilines is 1. The SMILES string of the molecule is Cc1cc(-c2cnc(NC(C)CN)nc2)ccc1F. The Morgan fingerprint density at radius 1 is 1.26 bits per heavy atom. The van der Waals surface area contributed by atoms with Gasteiger partial charge in [-0.3, -0.25) is 0 Å². The van der Waals surface area contributed by atoms with Crippen molar-refractivity contribution >= 4 is 5.95 Å². The summed E-state index contributed by atoms with van der Waals surface area (Å²) >= 11 is 0. The number of hydrogen-bond donors (Lipinski definition) is 2. The molecule has 5 heteroatoms. The number of nitrogens with two attached hydrogens (primary N) is 1. The van der Waals surface area contributed by atoms with E-state index in [0.29, 0.717) is 18.1 Å². The molecule has 0 bridgehead atoms. The molecular formula is C14H17FN4. The molecule has 1 heterocycles. The van der Waals surface area contributed by atoms with Gasteiger partial charge in [-0.1, -0.05) is 6.07 Å². The monoisotopic (exact) mass is 260 g/mol. The molecule has 1 atom stereocenters. The third-order valence-electron chi connectivity index (χ3n) is 2.87. The Bertz CT molecular complexity index is 554. The van der Waals surface area contributed by atoms with Crippen LogP contribution in [0, 0.1) is 12.7 Å². The van der Waals surface area contributed by atoms with Crippen LogP contribution >= 0.6 is 0 Å². The predicted octanol–water partition coefficient (Wildman–Crippen LogP) is 2.35. The summed E-state index contributed by atoms with van der Waals surface area (Å²) in [4.78, 5) is 8.45. The Kier molecular flexibility index (Phi) is 4.06. The lowest BCUT2D eigenvalue weighted by atomic mass is 10.1. The van der Waals surface area contributed by atoms with E-state index in [0.717, 1.165) is 11.1 Å². The number of nitrogens with zero attached hydrogens (tertiary/aromatic N) is 2. The third-order valence-corrected chi connectivity index (χ3v) is 2.87. The molecule has 1 aromatic carbocycles. The smallest absolute Gasteiger partial charge is 0.222 e. The summed E-state index contributed by atoms with van der Waals surface area (Å²) in [5.74, 6) is 0.334. The highest BCUT2D eigenvalue weighted by atomic mass is 19.1. The van der Waals surface area contributed by atoms with E-state index >= 15 is 0 Å². The quantitative estimate of drug-likeness (QED) is 0.885. The fourth-order valence-electron chi connectivity index (χ4n) is 1.66. The van der Waals surface area contributed by atoms with Gasteiger partial charge in [0.1, 0.15) is 5.82 Å². The van der Waals surface area contributed by atoms with Gasteiger partial charge in [0.05, 0.1) is 0 Å². The van der Waals surface area contributed by atoms with E-state index in [9.17, 15) is 4.39 Å². The summed E-state index contributed by atoms with van der Waals surface area (Å²) in [6, 6.07) is 5.08. The molecule has 1 aromatic heterocycles. The molecular weight excluding hydrogens is 243 g/mol. The molecule has 0 fully saturated rings. The van der Waals surface area contributed by atoms with E-state index in [1.165, 1.54) is 6.07 Å². The molecule has 0 aliphatic heterocycles. The van der Waals surface area contributed by atoms with E-state index in [4.69, 9.17) is 5.73 Å². The van der Waals surface area contributed by atoms with Gasteiger partial charge in [-0.05, 0) is 37.1 Å². The summed E-state index contributed by atoms with van der Waals surface area (Å²) in [5, 5.41) is 3.08. The lowest BCUT2D eigenvalue weighted by molar-refractivity contribution is 0.619. The summed E-state index contributed by atoms with van der Waals surface area (Å²) in [7, 11) is 0. The Balaban J connectivity index is 2.20. The third kappa shape index (κ3) is 3.26. The molecule has 0 aliphatic rings. The Morgan fingerprint density at radius 3 is 2.53 bits per heavy atom. The van der Waals surface area contributed by atoms with Crippen molar-refractivity contribution in [3.05, 3.63) is 42.0 Å². The van der Waals surface area contributed by atoms with Crippen LogP contribution in [0.5, 0.6) is 0 Å². The van der Waals surface area contributed by atoms with Crippen molar-refractivity contribution in [2.24, 2.45) is 5.73 Å². The summed E-state index contributed by atoms with van der Waals surface area (Å²) < 4.78 is 13.2. The number of hydrogen-bond acceptors (Lipinski definition) is 4. The average molecular weight is 260 g/mol. The summed E-state index contributed by atoms with van der Waals surface area (Å²) in [5.41, 5.74) is 7.88. The van der Waals surface area contributed by atoms with Crippen LogP contribution in [0.1, 0.15) is 12.5 Å². The lowest BCUT2D eigenvalue weighted by Crippen LogP contribution is -2.26. The van der Waals surface area contributed by atoms with Gasteiger partial charge in [-0.25, -0.2) is 14.4 Å². The highest BCUT2D eigenvalue weighted by Crippen LogP contribution is 2.20. The van der Waals surface area contributed by atoms with Crippen molar-refractivity contribution in [2.75, 3.05) is 11.9 Å². The van der Waals surface area contributed by atoms with Crippen LogP contribution < -0.4 is 11.1 Å². The first-order chi connectivity index (χ1) is 9.10. The zero-order valence-electron chi connectivity index (χ0n) is 11.0. The van der Waals surface area contributed by atoms with Gasteiger partial charge in [0.15, 0.2) is 0 Å². The molecule has 2 aromatic rings. The first-order valence-corrected chi connectivity index (χ1v) is 6.15. The summed E-state index contributed by atoms with van der Waals surface area (Å²) in [6.45, 7) is 4.21. The van der Waals surface area contributed by atoms with Gasteiger partial charge in [0.2, 0.25) is 5.95 Å². The van der Waals surface area contributed by atoms with Crippen LogP contribution in [-0.2, 0) is 0 Å². The maximum absolute atomic E-state index is 13.2. The number of rotatable bonds is 4. The highest BCUT2D eigenvalue weighted by Gasteiger charge is 2.05. The van der Waals surface area contributed by atoms with E-state index in [1.54, 1.807) is 31.5 Å². The minimum atomic E-state index is -0.209. The molecule has 3 N–H and O–H groups in total. The van der Waals surface area contributed by atoms with Gasteiger partial charge < -0.3 is 11.1 Å². The molecule has 2 rings (SSSR count). The molecule has 0 spiro atoms. The first kappa shape index (κ1) is 13.4. The van der Waals surface area contributed by atoms with Gasteiger partial charge >= 0.3 is 0 Å². The molecule has 0 saturated heterocycles. The van der Waals surface area contributed by atoms with E-state index in [-0.39, 0.29) is 11.9 Å². The van der Waals surface area contributed by atoms with Crippen molar-refractivity contribution in [2.45, 2.75) is 19.9 Å². The number of aryl methyl sites for hydroxylation is 1. The van der Waals surface area contributed by atoms with Crippen molar-refractivity contribution in [1.82, 2.24) is 9.97 Å². The predicted molar refractivity (Wildman–Crippen MR) is 74.3 cm³/mol. The van der Waals surface area contributed by atoms with Gasteiger partial charge in [-0.15, -0.1) is 0 Å². The second-order valence-corrected chi connectivity index (χ2v) is 4.54. The second kappa shape index (κ2) is 5.75. The average Bonchev–Trinajstić information content (AvgIpc) is 2.42. The molecule has 0 saturated carbocycles. The standard InChI is InChI=1S/C14H17FN4/c1-9-5-11(3-4-13(9)15)12-7-17-14(18-8-12)19-10(2)6-16/h3-5,7-8,10H,6,16H2,1-2H3,(H,17,18,19). The van der Waals surface area contributed by atoms with Gasteiger partial charge in [-0.2, -0.15) is 0 Å². The summed E-state index contributed by atoms with van der Waals surface area (Å²) in [6.07, 6.45) is 3.43. The molecule has 0 radical (unpaired) electrons. The van der Waals surface area contributed by atoms with E-state index in [2.05, 4.69) is 15.3 Å². The fraction of sp³-hybridized carbons (Fsp3) is 0.286. The molecule has 0 aliphatic carbocycles. The zero-order chi connectivity index (χ0) is 13.8. The minimum Gasteiger partial charge on any atom is -0.351 e.